The van der Waals surface area contributed by atoms with E-state index >= 15 is 0 Å². The van der Waals surface area contributed by atoms with E-state index in [0.717, 1.165) is 16.7 Å². The van der Waals surface area contributed by atoms with Crippen LogP contribution in [0.2, 0.25) is 0 Å². The minimum Gasteiger partial charge on any atom is -0.464 e. The minimum atomic E-state index is -0.438. The number of carbonyl (C=O) groups is 1. The highest BCUT2D eigenvalue weighted by atomic mass is 16.5. The van der Waals surface area contributed by atoms with Crippen molar-refractivity contribution in [1.29, 1.82) is 0 Å². The summed E-state index contributed by atoms with van der Waals surface area (Å²) in [4.78, 5) is 23.1. The van der Waals surface area contributed by atoms with Gasteiger partial charge in [-0.1, -0.05) is 20.8 Å². The van der Waals surface area contributed by atoms with Crippen LogP contribution in [-0.2, 0) is 10.2 Å². The van der Waals surface area contributed by atoms with Crippen molar-refractivity contribution < 1.29 is 9.53 Å². The van der Waals surface area contributed by atoms with Gasteiger partial charge in [-0.25, -0.2) is 14.8 Å². The number of aromatic nitrogens is 3. The highest BCUT2D eigenvalue weighted by Gasteiger charge is 2.23. The Morgan fingerprint density at radius 1 is 1.41 bits per heavy atom. The van der Waals surface area contributed by atoms with Crippen LogP contribution in [0.5, 0.6) is 0 Å². The maximum absolute atomic E-state index is 11.5. The van der Waals surface area contributed by atoms with Gasteiger partial charge in [-0.2, -0.15) is 0 Å². The van der Waals surface area contributed by atoms with E-state index in [9.17, 15) is 4.79 Å². The normalized spacial score (nSPS) is 11.8. The highest BCUT2D eigenvalue weighted by molar-refractivity contribution is 5.92. The van der Waals surface area contributed by atoms with Crippen molar-refractivity contribution in [3.63, 3.8) is 0 Å². The molecular formula is C12H15N3O2. The van der Waals surface area contributed by atoms with E-state index in [4.69, 9.17) is 4.74 Å². The van der Waals surface area contributed by atoms with Crippen molar-refractivity contribution in [2.75, 3.05) is 7.11 Å². The number of fused-ring (bicyclic) bond motifs is 1. The lowest BCUT2D eigenvalue weighted by atomic mass is 9.90. The molecular weight excluding hydrogens is 218 g/mol. The molecule has 0 atom stereocenters. The van der Waals surface area contributed by atoms with Gasteiger partial charge in [0.15, 0.2) is 5.69 Å². The van der Waals surface area contributed by atoms with Crippen molar-refractivity contribution in [3.8, 4) is 0 Å². The Kier molecular flexibility index (Phi) is 2.61. The second kappa shape index (κ2) is 3.84. The monoisotopic (exact) mass is 233 g/mol. The first-order chi connectivity index (χ1) is 7.93. The van der Waals surface area contributed by atoms with Crippen LogP contribution < -0.4 is 0 Å². The number of rotatable bonds is 1. The van der Waals surface area contributed by atoms with Crippen molar-refractivity contribution in [3.05, 3.63) is 23.8 Å². The molecule has 1 N–H and O–H groups in total. The largest absolute Gasteiger partial charge is 0.464 e. The Balaban J connectivity index is 2.71. The number of pyridine rings is 1. The minimum absolute atomic E-state index is 0.183. The standard InChI is InChI=1S/C12H15N3O2/c1-12(2,3)10-9-7(13-6-14-9)5-8(15-10)11(16)17-4/h5-6H,1-4H3,(H,13,14). The zero-order valence-corrected chi connectivity index (χ0v) is 10.4. The second-order valence-corrected chi connectivity index (χ2v) is 4.90. The fourth-order valence-electron chi connectivity index (χ4n) is 1.68. The molecule has 0 amide bonds. The maximum atomic E-state index is 11.5. The van der Waals surface area contributed by atoms with Gasteiger partial charge in [0.2, 0.25) is 0 Å². The molecule has 0 aliphatic carbocycles. The molecule has 2 rings (SSSR count). The van der Waals surface area contributed by atoms with E-state index in [2.05, 4.69) is 15.0 Å². The molecule has 0 aliphatic heterocycles. The average molecular weight is 233 g/mol. The molecule has 2 aromatic heterocycles. The Morgan fingerprint density at radius 3 is 2.71 bits per heavy atom. The number of nitrogens with one attached hydrogen (secondary N) is 1. The van der Waals surface area contributed by atoms with E-state index in [1.807, 2.05) is 20.8 Å². The fraction of sp³-hybridized carbons (Fsp3) is 0.417. The molecule has 0 fully saturated rings. The third-order valence-electron chi connectivity index (χ3n) is 2.51. The van der Waals surface area contributed by atoms with Gasteiger partial charge in [0, 0.05) is 5.41 Å². The maximum Gasteiger partial charge on any atom is 0.356 e. The van der Waals surface area contributed by atoms with Crippen LogP contribution in [0.15, 0.2) is 12.4 Å². The van der Waals surface area contributed by atoms with Crippen LogP contribution in [0.4, 0.5) is 0 Å². The average Bonchev–Trinajstić information content (AvgIpc) is 2.72. The van der Waals surface area contributed by atoms with Crippen molar-refractivity contribution in [2.24, 2.45) is 0 Å². The Hall–Kier alpha value is -1.91. The number of nitrogens with zero attached hydrogens (tertiary/aromatic N) is 2. The zero-order chi connectivity index (χ0) is 12.6. The van der Waals surface area contributed by atoms with Gasteiger partial charge in [0.1, 0.15) is 5.52 Å². The molecule has 2 heterocycles. The quantitative estimate of drug-likeness (QED) is 0.765. The van der Waals surface area contributed by atoms with Gasteiger partial charge in [-0.15, -0.1) is 0 Å². The first-order valence-electron chi connectivity index (χ1n) is 5.36. The summed E-state index contributed by atoms with van der Waals surface area (Å²) >= 11 is 0. The number of imidazole rings is 1. The van der Waals surface area contributed by atoms with Gasteiger partial charge in [0.25, 0.3) is 0 Å². The molecule has 2 aromatic rings. The number of H-pyrrole nitrogens is 1. The Labute approximate surface area is 99.2 Å². The molecule has 0 saturated carbocycles. The summed E-state index contributed by atoms with van der Waals surface area (Å²) < 4.78 is 4.69. The summed E-state index contributed by atoms with van der Waals surface area (Å²) in [5, 5.41) is 0. The summed E-state index contributed by atoms with van der Waals surface area (Å²) in [5.74, 6) is -0.438. The fourth-order valence-corrected chi connectivity index (χ4v) is 1.68. The highest BCUT2D eigenvalue weighted by Crippen LogP contribution is 2.27. The summed E-state index contributed by atoms with van der Waals surface area (Å²) in [6.07, 6.45) is 1.60. The molecule has 0 aliphatic rings. The lowest BCUT2D eigenvalue weighted by Gasteiger charge is -2.18. The van der Waals surface area contributed by atoms with Gasteiger partial charge in [-0.05, 0) is 6.07 Å². The molecule has 0 aromatic carbocycles. The predicted octanol–water partition coefficient (Wildman–Crippen LogP) is 2.04. The summed E-state index contributed by atoms with van der Waals surface area (Å²) in [7, 11) is 1.35. The number of methoxy groups -OCH3 is 1. The van der Waals surface area contributed by atoms with Crippen LogP contribution in [0.1, 0.15) is 37.0 Å². The first-order valence-corrected chi connectivity index (χ1v) is 5.36. The van der Waals surface area contributed by atoms with E-state index in [0.29, 0.717) is 5.69 Å². The van der Waals surface area contributed by atoms with Crippen molar-refractivity contribution in [1.82, 2.24) is 15.0 Å². The van der Waals surface area contributed by atoms with Crippen molar-refractivity contribution >= 4 is 17.0 Å². The SMILES string of the molecule is COC(=O)c1cc2[nH]cnc2c(C(C)(C)C)n1. The van der Waals surface area contributed by atoms with Crippen LogP contribution in [0, 0.1) is 0 Å². The lowest BCUT2D eigenvalue weighted by molar-refractivity contribution is 0.0594. The van der Waals surface area contributed by atoms with E-state index in [1.165, 1.54) is 7.11 Å². The molecule has 5 nitrogen and oxygen atoms in total. The van der Waals surface area contributed by atoms with Crippen LogP contribution in [0.3, 0.4) is 0 Å². The molecule has 17 heavy (non-hydrogen) atoms. The lowest BCUT2D eigenvalue weighted by Crippen LogP contribution is -2.17. The topological polar surface area (TPSA) is 67.9 Å². The summed E-state index contributed by atoms with van der Waals surface area (Å²) in [5.41, 5.74) is 2.50. The molecule has 0 bridgehead atoms. The van der Waals surface area contributed by atoms with Gasteiger partial charge in [0.05, 0.1) is 24.6 Å². The van der Waals surface area contributed by atoms with Crippen molar-refractivity contribution in [2.45, 2.75) is 26.2 Å². The number of carbonyl (C=O) groups excluding carboxylic acids is 1. The zero-order valence-electron chi connectivity index (χ0n) is 10.4. The number of esters is 1. The molecule has 0 unspecified atom stereocenters. The van der Waals surface area contributed by atoms with Gasteiger partial charge >= 0.3 is 5.97 Å². The molecule has 5 heteroatoms. The van der Waals surface area contributed by atoms with Crippen LogP contribution in [0.25, 0.3) is 11.0 Å². The third-order valence-corrected chi connectivity index (χ3v) is 2.51. The second-order valence-electron chi connectivity index (χ2n) is 4.90. The number of ether oxygens (including phenoxy) is 1. The van der Waals surface area contributed by atoms with Crippen LogP contribution in [-0.4, -0.2) is 28.0 Å². The van der Waals surface area contributed by atoms with E-state index in [1.54, 1.807) is 12.4 Å². The molecule has 0 saturated heterocycles. The Bertz CT molecular complexity index is 567. The van der Waals surface area contributed by atoms with E-state index < -0.39 is 5.97 Å². The summed E-state index contributed by atoms with van der Waals surface area (Å²) in [6.45, 7) is 6.10. The first kappa shape index (κ1) is 11.6. The third kappa shape index (κ3) is 2.00. The number of hydrogen-bond acceptors (Lipinski definition) is 4. The van der Waals surface area contributed by atoms with Gasteiger partial charge < -0.3 is 9.72 Å². The molecule has 0 radical (unpaired) electrons. The van der Waals surface area contributed by atoms with Gasteiger partial charge in [-0.3, -0.25) is 0 Å². The smallest absolute Gasteiger partial charge is 0.356 e. The van der Waals surface area contributed by atoms with E-state index in [-0.39, 0.29) is 5.41 Å². The Morgan fingerprint density at radius 2 is 2.12 bits per heavy atom. The summed E-state index contributed by atoms with van der Waals surface area (Å²) in [6, 6.07) is 1.66. The predicted molar refractivity (Wildman–Crippen MR) is 63.9 cm³/mol. The molecule has 90 valence electrons. The number of hydrogen-bond donors (Lipinski definition) is 1. The number of aromatic amines is 1. The van der Waals surface area contributed by atoms with Crippen LogP contribution >= 0.6 is 0 Å². The molecule has 0 spiro atoms.